The number of hydrogen-bond donors (Lipinski definition) is 2. The summed E-state index contributed by atoms with van der Waals surface area (Å²) >= 11 is 0. The van der Waals surface area contributed by atoms with Gasteiger partial charge in [0, 0.05) is 31.2 Å². The largest absolute Gasteiger partial charge is 0.376 e. The highest BCUT2D eigenvalue weighted by atomic mass is 16.5. The van der Waals surface area contributed by atoms with E-state index in [2.05, 4.69) is 26.7 Å². The van der Waals surface area contributed by atoms with Crippen LogP contribution < -0.4 is 10.6 Å². The fraction of sp³-hybridized carbons (Fsp3) is 0.733. The van der Waals surface area contributed by atoms with Gasteiger partial charge in [-0.3, -0.25) is 0 Å². The Bertz CT molecular complexity index is 479. The van der Waals surface area contributed by atoms with E-state index in [1.807, 2.05) is 0 Å². The second-order valence-electron chi connectivity index (χ2n) is 6.21. The molecule has 0 spiro atoms. The van der Waals surface area contributed by atoms with Gasteiger partial charge in [0.05, 0.1) is 11.8 Å². The Hall–Kier alpha value is -1.36. The lowest BCUT2D eigenvalue weighted by Gasteiger charge is -2.13. The molecule has 1 atom stereocenters. The molecule has 5 nitrogen and oxygen atoms in total. The van der Waals surface area contributed by atoms with Crippen LogP contribution in [0.5, 0.6) is 0 Å². The molecule has 4 rings (SSSR count). The minimum Gasteiger partial charge on any atom is -0.376 e. The highest BCUT2D eigenvalue weighted by Crippen LogP contribution is 2.40. The Labute approximate surface area is 119 Å². The third-order valence-corrected chi connectivity index (χ3v) is 4.19. The summed E-state index contributed by atoms with van der Waals surface area (Å²) in [6.45, 7) is 1.75. The Balaban J connectivity index is 1.45. The third-order valence-electron chi connectivity index (χ3n) is 4.19. The zero-order valence-electron chi connectivity index (χ0n) is 11.8. The van der Waals surface area contributed by atoms with Crippen molar-refractivity contribution in [3.05, 3.63) is 11.8 Å². The fourth-order valence-corrected chi connectivity index (χ4v) is 2.64. The van der Waals surface area contributed by atoms with Crippen molar-refractivity contribution in [3.8, 4) is 0 Å². The molecule has 0 aromatic carbocycles. The smallest absolute Gasteiger partial charge is 0.225 e. The van der Waals surface area contributed by atoms with Gasteiger partial charge < -0.3 is 15.4 Å². The molecular weight excluding hydrogens is 252 g/mol. The molecule has 5 heteroatoms. The van der Waals surface area contributed by atoms with E-state index in [0.717, 1.165) is 31.3 Å². The number of rotatable bonds is 6. The lowest BCUT2D eigenvalue weighted by atomic mass is 10.2. The van der Waals surface area contributed by atoms with Crippen molar-refractivity contribution in [2.45, 2.75) is 56.6 Å². The predicted molar refractivity (Wildman–Crippen MR) is 78.1 cm³/mol. The van der Waals surface area contributed by atoms with E-state index >= 15 is 0 Å². The maximum atomic E-state index is 5.65. The van der Waals surface area contributed by atoms with Crippen molar-refractivity contribution in [3.63, 3.8) is 0 Å². The Morgan fingerprint density at radius 1 is 1.15 bits per heavy atom. The standard InChI is InChI=1S/C15H22N4O/c1-2-12(20-7-1)9-16-14-8-13(10-3-4-10)18-15(19-14)17-11-5-6-11/h8,10-12H,1-7,9H2,(H2,16,17,18,19)/t12-/m1/s1. The average Bonchev–Trinajstić information content (AvgIpc) is 3.37. The highest BCUT2D eigenvalue weighted by molar-refractivity contribution is 5.45. The molecule has 1 aromatic rings. The summed E-state index contributed by atoms with van der Waals surface area (Å²) in [4.78, 5) is 9.26. The quantitative estimate of drug-likeness (QED) is 0.834. The first-order valence-corrected chi connectivity index (χ1v) is 7.88. The Morgan fingerprint density at radius 2 is 2.05 bits per heavy atom. The normalized spacial score (nSPS) is 25.7. The number of nitrogens with one attached hydrogen (secondary N) is 2. The highest BCUT2D eigenvalue weighted by Gasteiger charge is 2.28. The van der Waals surface area contributed by atoms with Crippen LogP contribution in [0.3, 0.4) is 0 Å². The van der Waals surface area contributed by atoms with E-state index in [1.165, 1.54) is 37.8 Å². The molecule has 3 fully saturated rings. The van der Waals surface area contributed by atoms with E-state index in [4.69, 9.17) is 4.74 Å². The van der Waals surface area contributed by atoms with E-state index in [1.54, 1.807) is 0 Å². The molecule has 1 aromatic heterocycles. The van der Waals surface area contributed by atoms with Gasteiger partial charge in [-0.05, 0) is 38.5 Å². The molecule has 0 bridgehead atoms. The molecule has 0 amide bonds. The molecule has 2 N–H and O–H groups in total. The van der Waals surface area contributed by atoms with Crippen LogP contribution >= 0.6 is 0 Å². The lowest BCUT2D eigenvalue weighted by molar-refractivity contribution is 0.120. The van der Waals surface area contributed by atoms with E-state index in [-0.39, 0.29) is 0 Å². The zero-order valence-corrected chi connectivity index (χ0v) is 11.8. The van der Waals surface area contributed by atoms with Crippen LogP contribution in [0.1, 0.15) is 50.1 Å². The minimum atomic E-state index is 0.342. The van der Waals surface area contributed by atoms with E-state index < -0.39 is 0 Å². The minimum absolute atomic E-state index is 0.342. The number of nitrogens with zero attached hydrogens (tertiary/aromatic N) is 2. The third kappa shape index (κ3) is 3.03. The summed E-state index contributed by atoms with van der Waals surface area (Å²) < 4.78 is 5.65. The second kappa shape index (κ2) is 5.20. The van der Waals surface area contributed by atoms with Crippen molar-refractivity contribution in [1.82, 2.24) is 9.97 Å². The number of hydrogen-bond acceptors (Lipinski definition) is 5. The summed E-state index contributed by atoms with van der Waals surface area (Å²) in [5, 5.41) is 6.84. The Morgan fingerprint density at radius 3 is 2.75 bits per heavy atom. The molecule has 2 aliphatic carbocycles. The van der Waals surface area contributed by atoms with Crippen molar-refractivity contribution in [2.75, 3.05) is 23.8 Å². The molecule has 2 heterocycles. The summed E-state index contributed by atoms with van der Waals surface area (Å²) in [5.74, 6) is 2.40. The van der Waals surface area contributed by atoms with Crippen LogP contribution in [0.2, 0.25) is 0 Å². The lowest BCUT2D eigenvalue weighted by Crippen LogP contribution is -2.19. The zero-order chi connectivity index (χ0) is 13.4. The Kier molecular flexibility index (Phi) is 3.22. The van der Waals surface area contributed by atoms with Crippen LogP contribution in [-0.2, 0) is 4.74 Å². The second-order valence-corrected chi connectivity index (χ2v) is 6.21. The number of aromatic nitrogens is 2. The first-order chi connectivity index (χ1) is 9.87. The maximum absolute atomic E-state index is 5.65. The van der Waals surface area contributed by atoms with Crippen molar-refractivity contribution in [2.24, 2.45) is 0 Å². The van der Waals surface area contributed by atoms with Gasteiger partial charge in [-0.2, -0.15) is 4.98 Å². The monoisotopic (exact) mass is 274 g/mol. The van der Waals surface area contributed by atoms with Gasteiger partial charge in [0.15, 0.2) is 0 Å². The van der Waals surface area contributed by atoms with Gasteiger partial charge in [-0.15, -0.1) is 0 Å². The van der Waals surface area contributed by atoms with Crippen LogP contribution in [0, 0.1) is 0 Å². The summed E-state index contributed by atoms with van der Waals surface area (Å²) in [5.41, 5.74) is 1.19. The van der Waals surface area contributed by atoms with Gasteiger partial charge in [0.1, 0.15) is 5.82 Å². The van der Waals surface area contributed by atoms with Crippen LogP contribution in [0.15, 0.2) is 6.07 Å². The van der Waals surface area contributed by atoms with E-state index in [0.29, 0.717) is 18.1 Å². The molecule has 3 aliphatic rings. The fourth-order valence-electron chi connectivity index (χ4n) is 2.64. The molecule has 0 unspecified atom stereocenters. The SMILES string of the molecule is c1c(NC[C@H]2CCCO2)nc(NC2CC2)nc1C1CC1. The van der Waals surface area contributed by atoms with Gasteiger partial charge in [0.25, 0.3) is 0 Å². The molecule has 0 radical (unpaired) electrons. The van der Waals surface area contributed by atoms with Crippen LogP contribution in [0.25, 0.3) is 0 Å². The summed E-state index contributed by atoms with van der Waals surface area (Å²) in [7, 11) is 0. The van der Waals surface area contributed by atoms with Gasteiger partial charge in [-0.25, -0.2) is 4.98 Å². The van der Waals surface area contributed by atoms with Crippen LogP contribution in [0.4, 0.5) is 11.8 Å². The van der Waals surface area contributed by atoms with Gasteiger partial charge in [-0.1, -0.05) is 0 Å². The summed E-state index contributed by atoms with van der Waals surface area (Å²) in [6.07, 6.45) is 7.70. The average molecular weight is 274 g/mol. The first kappa shape index (κ1) is 12.4. The first-order valence-electron chi connectivity index (χ1n) is 7.88. The van der Waals surface area contributed by atoms with E-state index in [9.17, 15) is 0 Å². The van der Waals surface area contributed by atoms with Gasteiger partial charge in [0.2, 0.25) is 5.95 Å². The molecule has 2 saturated carbocycles. The van der Waals surface area contributed by atoms with Crippen molar-refractivity contribution >= 4 is 11.8 Å². The van der Waals surface area contributed by atoms with Crippen molar-refractivity contribution in [1.29, 1.82) is 0 Å². The molecule has 108 valence electrons. The molecular formula is C15H22N4O. The van der Waals surface area contributed by atoms with Crippen molar-refractivity contribution < 1.29 is 4.74 Å². The molecule has 20 heavy (non-hydrogen) atoms. The number of anilines is 2. The topological polar surface area (TPSA) is 59.1 Å². The molecule has 1 saturated heterocycles. The number of ether oxygens (including phenoxy) is 1. The van der Waals surface area contributed by atoms with Crippen LogP contribution in [-0.4, -0.2) is 35.3 Å². The summed E-state index contributed by atoms with van der Waals surface area (Å²) in [6, 6.07) is 2.71. The molecule has 1 aliphatic heterocycles. The van der Waals surface area contributed by atoms with Gasteiger partial charge >= 0.3 is 0 Å². The maximum Gasteiger partial charge on any atom is 0.225 e. The predicted octanol–water partition coefficient (Wildman–Crippen LogP) is 2.52.